The second kappa shape index (κ2) is 8.46. The average molecular weight is 296 g/mol. The first-order valence-corrected chi connectivity index (χ1v) is 8.03. The van der Waals surface area contributed by atoms with Crippen molar-refractivity contribution in [2.75, 3.05) is 39.8 Å². The summed E-state index contributed by atoms with van der Waals surface area (Å²) in [5, 5.41) is 3.98. The maximum absolute atomic E-state index is 5.33. The van der Waals surface area contributed by atoms with Crippen LogP contribution in [0.15, 0.2) is 4.52 Å². The smallest absolute Gasteiger partial charge is 0.240 e. The van der Waals surface area contributed by atoms with Crippen LogP contribution in [-0.2, 0) is 11.3 Å². The number of methoxy groups -OCH3 is 1. The zero-order chi connectivity index (χ0) is 15.1. The van der Waals surface area contributed by atoms with Crippen LogP contribution in [0, 0.1) is 0 Å². The maximum Gasteiger partial charge on any atom is 0.240 e. The van der Waals surface area contributed by atoms with Crippen molar-refractivity contribution in [2.24, 2.45) is 0 Å². The van der Waals surface area contributed by atoms with Gasteiger partial charge < -0.3 is 14.2 Å². The SMILES string of the molecule is CCCCN1CCCN(Cc2nc(C(C)OC)no2)CC1. The molecule has 2 rings (SSSR count). The normalized spacial score (nSPS) is 19.6. The lowest BCUT2D eigenvalue weighted by molar-refractivity contribution is 0.109. The molecule has 1 saturated heterocycles. The van der Waals surface area contributed by atoms with Crippen LogP contribution < -0.4 is 0 Å². The number of hydrogen-bond donors (Lipinski definition) is 0. The van der Waals surface area contributed by atoms with Gasteiger partial charge in [0.25, 0.3) is 0 Å². The van der Waals surface area contributed by atoms with Crippen LogP contribution in [0.1, 0.15) is 50.9 Å². The van der Waals surface area contributed by atoms with Gasteiger partial charge in [0.15, 0.2) is 5.82 Å². The van der Waals surface area contributed by atoms with Gasteiger partial charge in [-0.25, -0.2) is 0 Å². The summed E-state index contributed by atoms with van der Waals surface area (Å²) < 4.78 is 10.5. The van der Waals surface area contributed by atoms with E-state index >= 15 is 0 Å². The highest BCUT2D eigenvalue weighted by molar-refractivity contribution is 4.90. The predicted molar refractivity (Wildman–Crippen MR) is 81.0 cm³/mol. The Balaban J connectivity index is 1.81. The van der Waals surface area contributed by atoms with Crippen LogP contribution >= 0.6 is 0 Å². The van der Waals surface area contributed by atoms with Gasteiger partial charge in [-0.05, 0) is 39.4 Å². The lowest BCUT2D eigenvalue weighted by atomic mass is 10.3. The Morgan fingerprint density at radius 3 is 2.76 bits per heavy atom. The standard InChI is InChI=1S/C15H28N4O2/c1-4-5-7-18-8-6-9-19(11-10-18)12-14-16-15(17-21-14)13(2)20-3/h13H,4-12H2,1-3H3. The molecule has 0 spiro atoms. The van der Waals surface area contributed by atoms with Crippen molar-refractivity contribution in [2.45, 2.75) is 45.8 Å². The zero-order valence-corrected chi connectivity index (χ0v) is 13.5. The van der Waals surface area contributed by atoms with Gasteiger partial charge in [-0.1, -0.05) is 18.5 Å². The Kier molecular flexibility index (Phi) is 6.60. The van der Waals surface area contributed by atoms with Crippen molar-refractivity contribution in [1.29, 1.82) is 0 Å². The van der Waals surface area contributed by atoms with Crippen LogP contribution in [-0.4, -0.2) is 59.8 Å². The summed E-state index contributed by atoms with van der Waals surface area (Å²) in [6.45, 7) is 10.6. The molecule has 1 aliphatic rings. The van der Waals surface area contributed by atoms with Crippen molar-refractivity contribution in [3.63, 3.8) is 0 Å². The largest absolute Gasteiger partial charge is 0.374 e. The molecule has 6 nitrogen and oxygen atoms in total. The lowest BCUT2D eigenvalue weighted by Crippen LogP contribution is -2.31. The topological polar surface area (TPSA) is 54.6 Å². The van der Waals surface area contributed by atoms with E-state index < -0.39 is 0 Å². The fraction of sp³-hybridized carbons (Fsp3) is 0.867. The third-order valence-electron chi connectivity index (χ3n) is 4.07. The zero-order valence-electron chi connectivity index (χ0n) is 13.5. The first-order valence-electron chi connectivity index (χ1n) is 8.03. The number of hydrogen-bond acceptors (Lipinski definition) is 6. The predicted octanol–water partition coefficient (Wildman–Crippen LogP) is 2.08. The summed E-state index contributed by atoms with van der Waals surface area (Å²) in [5.74, 6) is 1.32. The van der Waals surface area contributed by atoms with Gasteiger partial charge in [0.1, 0.15) is 6.10 Å². The van der Waals surface area contributed by atoms with Gasteiger partial charge in [-0.15, -0.1) is 0 Å². The minimum absolute atomic E-state index is 0.115. The van der Waals surface area contributed by atoms with Crippen LogP contribution in [0.3, 0.4) is 0 Å². The van der Waals surface area contributed by atoms with Crippen LogP contribution in [0.25, 0.3) is 0 Å². The van der Waals surface area contributed by atoms with Crippen LogP contribution in [0.5, 0.6) is 0 Å². The molecule has 0 bridgehead atoms. The third kappa shape index (κ3) is 5.05. The number of unbranched alkanes of at least 4 members (excludes halogenated alkanes) is 1. The fourth-order valence-electron chi connectivity index (χ4n) is 2.58. The first kappa shape index (κ1) is 16.4. The van der Waals surface area contributed by atoms with Crippen LogP contribution in [0.2, 0.25) is 0 Å². The van der Waals surface area contributed by atoms with Gasteiger partial charge in [0, 0.05) is 20.2 Å². The molecule has 21 heavy (non-hydrogen) atoms. The Hall–Kier alpha value is -0.980. The molecule has 1 aromatic heterocycles. The molecular formula is C15H28N4O2. The van der Waals surface area contributed by atoms with Gasteiger partial charge >= 0.3 is 0 Å². The van der Waals surface area contributed by atoms with Gasteiger partial charge in [0.2, 0.25) is 5.89 Å². The molecule has 0 amide bonds. The van der Waals surface area contributed by atoms with E-state index in [1.54, 1.807) is 7.11 Å². The van der Waals surface area contributed by atoms with E-state index in [2.05, 4.69) is 26.9 Å². The van der Waals surface area contributed by atoms with E-state index in [0.29, 0.717) is 11.7 Å². The number of nitrogens with zero attached hydrogens (tertiary/aromatic N) is 4. The van der Waals surface area contributed by atoms with E-state index in [-0.39, 0.29) is 6.10 Å². The third-order valence-corrected chi connectivity index (χ3v) is 4.07. The Morgan fingerprint density at radius 2 is 2.00 bits per heavy atom. The molecule has 1 atom stereocenters. The molecule has 0 aliphatic carbocycles. The van der Waals surface area contributed by atoms with E-state index in [1.807, 2.05) is 6.92 Å². The molecular weight excluding hydrogens is 268 g/mol. The van der Waals surface area contributed by atoms with E-state index in [0.717, 1.165) is 26.2 Å². The molecule has 1 aliphatic heterocycles. The molecule has 1 unspecified atom stereocenters. The van der Waals surface area contributed by atoms with Gasteiger partial charge in [-0.2, -0.15) is 4.98 Å². The number of aromatic nitrogens is 2. The maximum atomic E-state index is 5.33. The second-order valence-corrected chi connectivity index (χ2v) is 5.75. The van der Waals surface area contributed by atoms with E-state index in [9.17, 15) is 0 Å². The van der Waals surface area contributed by atoms with Crippen molar-refractivity contribution in [3.8, 4) is 0 Å². The molecule has 0 radical (unpaired) electrons. The van der Waals surface area contributed by atoms with Crippen molar-refractivity contribution < 1.29 is 9.26 Å². The summed E-state index contributed by atoms with van der Waals surface area (Å²) in [5.41, 5.74) is 0. The first-order chi connectivity index (χ1) is 10.2. The Morgan fingerprint density at radius 1 is 1.24 bits per heavy atom. The van der Waals surface area contributed by atoms with Gasteiger partial charge in [0.05, 0.1) is 6.54 Å². The average Bonchev–Trinajstić information content (AvgIpc) is 2.85. The van der Waals surface area contributed by atoms with E-state index in [1.165, 1.54) is 32.4 Å². The quantitative estimate of drug-likeness (QED) is 0.768. The minimum Gasteiger partial charge on any atom is -0.374 e. The second-order valence-electron chi connectivity index (χ2n) is 5.75. The minimum atomic E-state index is -0.115. The lowest BCUT2D eigenvalue weighted by Gasteiger charge is -2.20. The molecule has 2 heterocycles. The summed E-state index contributed by atoms with van der Waals surface area (Å²) in [6, 6.07) is 0. The highest BCUT2D eigenvalue weighted by Crippen LogP contribution is 2.13. The van der Waals surface area contributed by atoms with Crippen LogP contribution in [0.4, 0.5) is 0 Å². The summed E-state index contributed by atoms with van der Waals surface area (Å²) in [7, 11) is 1.65. The Bertz CT molecular complexity index is 410. The molecule has 0 aromatic carbocycles. The molecule has 6 heteroatoms. The highest BCUT2D eigenvalue weighted by atomic mass is 16.5. The Labute approximate surface area is 127 Å². The van der Waals surface area contributed by atoms with Crippen molar-refractivity contribution >= 4 is 0 Å². The number of rotatable bonds is 7. The molecule has 1 fully saturated rings. The molecule has 1 aromatic rings. The fourth-order valence-corrected chi connectivity index (χ4v) is 2.58. The number of ether oxygens (including phenoxy) is 1. The molecule has 120 valence electrons. The van der Waals surface area contributed by atoms with Crippen molar-refractivity contribution in [3.05, 3.63) is 11.7 Å². The summed E-state index contributed by atoms with van der Waals surface area (Å²) in [6.07, 6.45) is 3.65. The summed E-state index contributed by atoms with van der Waals surface area (Å²) >= 11 is 0. The monoisotopic (exact) mass is 296 g/mol. The highest BCUT2D eigenvalue weighted by Gasteiger charge is 2.18. The van der Waals surface area contributed by atoms with Gasteiger partial charge in [-0.3, -0.25) is 4.90 Å². The molecule has 0 N–H and O–H groups in total. The van der Waals surface area contributed by atoms with E-state index in [4.69, 9.17) is 9.26 Å². The van der Waals surface area contributed by atoms with Crippen molar-refractivity contribution in [1.82, 2.24) is 19.9 Å². The molecule has 0 saturated carbocycles. The summed E-state index contributed by atoms with van der Waals surface area (Å²) in [4.78, 5) is 9.38.